The molecule has 20 heavy (non-hydrogen) atoms. The molecule has 0 spiro atoms. The largest absolute Gasteiger partial charge is 0.392 e. The molecule has 2 rings (SSSR count). The maximum atomic E-state index is 13.8. The van der Waals surface area contributed by atoms with Gasteiger partial charge in [-0.3, -0.25) is 0 Å². The van der Waals surface area contributed by atoms with Crippen molar-refractivity contribution in [3.05, 3.63) is 68.1 Å². The van der Waals surface area contributed by atoms with Crippen LogP contribution in [0.25, 0.3) is 0 Å². The molecule has 1 unspecified atom stereocenters. The van der Waals surface area contributed by atoms with Crippen LogP contribution >= 0.6 is 31.9 Å². The van der Waals surface area contributed by atoms with Crippen LogP contribution in [-0.4, -0.2) is 11.2 Å². The van der Waals surface area contributed by atoms with Gasteiger partial charge in [0.2, 0.25) is 0 Å². The Morgan fingerprint density at radius 3 is 2.50 bits per heavy atom. The molecule has 106 valence electrons. The van der Waals surface area contributed by atoms with E-state index in [4.69, 9.17) is 0 Å². The number of aliphatic hydroxyl groups is 1. The number of benzene rings is 2. The fourth-order valence-corrected chi connectivity index (χ4v) is 2.82. The lowest BCUT2D eigenvalue weighted by Crippen LogP contribution is -2.16. The molecule has 0 radical (unpaired) electrons. The molecular weight excluding hydrogens is 394 g/mol. The van der Waals surface area contributed by atoms with Gasteiger partial charge in [0.25, 0.3) is 0 Å². The number of rotatable bonds is 4. The predicted octanol–water partition coefficient (Wildman–Crippen LogP) is 4.64. The van der Waals surface area contributed by atoms with E-state index in [1.165, 1.54) is 12.1 Å². The molecule has 0 bridgehead atoms. The molecule has 0 aliphatic rings. The first kappa shape index (κ1) is 15.6. The van der Waals surface area contributed by atoms with Gasteiger partial charge in [0.15, 0.2) is 0 Å². The SMILES string of the molecule is OC(Cc1cccc(Br)c1)Cc1c(F)ccc(Br)c1F. The van der Waals surface area contributed by atoms with Crippen molar-refractivity contribution < 1.29 is 13.9 Å². The van der Waals surface area contributed by atoms with Gasteiger partial charge < -0.3 is 5.11 Å². The fourth-order valence-electron chi connectivity index (χ4n) is 2.00. The summed E-state index contributed by atoms with van der Waals surface area (Å²) < 4.78 is 28.5. The molecule has 1 nitrogen and oxygen atoms in total. The second-order valence-corrected chi connectivity index (χ2v) is 6.28. The minimum Gasteiger partial charge on any atom is -0.392 e. The first-order valence-electron chi connectivity index (χ1n) is 6.02. The molecular formula is C15H12Br2F2O. The number of hydrogen-bond acceptors (Lipinski definition) is 1. The average molecular weight is 406 g/mol. The Morgan fingerprint density at radius 1 is 1.05 bits per heavy atom. The zero-order valence-corrected chi connectivity index (χ0v) is 13.6. The Bertz CT molecular complexity index is 617. The van der Waals surface area contributed by atoms with Gasteiger partial charge in [-0.1, -0.05) is 28.1 Å². The maximum absolute atomic E-state index is 13.8. The van der Waals surface area contributed by atoms with Gasteiger partial charge >= 0.3 is 0 Å². The second kappa shape index (κ2) is 6.78. The maximum Gasteiger partial charge on any atom is 0.143 e. The lowest BCUT2D eigenvalue weighted by molar-refractivity contribution is 0.172. The van der Waals surface area contributed by atoms with Crippen molar-refractivity contribution in [2.75, 3.05) is 0 Å². The summed E-state index contributed by atoms with van der Waals surface area (Å²) in [6, 6.07) is 9.97. The fraction of sp³-hybridized carbons (Fsp3) is 0.200. The van der Waals surface area contributed by atoms with Crippen LogP contribution in [-0.2, 0) is 12.8 Å². The molecule has 0 amide bonds. The smallest absolute Gasteiger partial charge is 0.143 e. The van der Waals surface area contributed by atoms with Crippen LogP contribution in [0.5, 0.6) is 0 Å². The highest BCUT2D eigenvalue weighted by atomic mass is 79.9. The van der Waals surface area contributed by atoms with Gasteiger partial charge in [-0.15, -0.1) is 0 Å². The zero-order valence-electron chi connectivity index (χ0n) is 10.4. The van der Waals surface area contributed by atoms with E-state index in [2.05, 4.69) is 31.9 Å². The Morgan fingerprint density at radius 2 is 1.80 bits per heavy atom. The van der Waals surface area contributed by atoms with Gasteiger partial charge in [-0.05, 0) is 52.2 Å². The van der Waals surface area contributed by atoms with Gasteiger partial charge in [-0.2, -0.15) is 0 Å². The highest BCUT2D eigenvalue weighted by Gasteiger charge is 2.16. The van der Waals surface area contributed by atoms with Crippen LogP contribution in [0, 0.1) is 11.6 Å². The Hall–Kier alpha value is -0.780. The van der Waals surface area contributed by atoms with Crippen LogP contribution in [0.3, 0.4) is 0 Å². The summed E-state index contributed by atoms with van der Waals surface area (Å²) in [5.74, 6) is -1.29. The van der Waals surface area contributed by atoms with E-state index in [-0.39, 0.29) is 16.5 Å². The summed E-state index contributed by atoms with van der Waals surface area (Å²) in [5, 5.41) is 10.0. The molecule has 2 aromatic carbocycles. The summed E-state index contributed by atoms with van der Waals surface area (Å²) in [4.78, 5) is 0. The summed E-state index contributed by atoms with van der Waals surface area (Å²) in [6.45, 7) is 0. The third-order valence-corrected chi connectivity index (χ3v) is 4.04. The minimum atomic E-state index is -0.845. The van der Waals surface area contributed by atoms with Crippen molar-refractivity contribution in [1.82, 2.24) is 0 Å². The van der Waals surface area contributed by atoms with Gasteiger partial charge in [0, 0.05) is 16.5 Å². The Balaban J connectivity index is 2.12. The van der Waals surface area contributed by atoms with Crippen molar-refractivity contribution in [1.29, 1.82) is 0 Å². The molecule has 0 saturated carbocycles. The lowest BCUT2D eigenvalue weighted by atomic mass is 10.0. The van der Waals surface area contributed by atoms with Crippen molar-refractivity contribution in [2.24, 2.45) is 0 Å². The monoisotopic (exact) mass is 404 g/mol. The quantitative estimate of drug-likeness (QED) is 0.735. The third kappa shape index (κ3) is 3.87. The highest BCUT2D eigenvalue weighted by molar-refractivity contribution is 9.10. The van der Waals surface area contributed by atoms with Gasteiger partial charge in [0.05, 0.1) is 10.6 Å². The van der Waals surface area contributed by atoms with Crippen LogP contribution in [0.2, 0.25) is 0 Å². The van der Waals surface area contributed by atoms with Gasteiger partial charge in [0.1, 0.15) is 11.6 Å². The van der Waals surface area contributed by atoms with E-state index in [1.807, 2.05) is 24.3 Å². The summed E-state index contributed by atoms with van der Waals surface area (Å²) in [6.07, 6.45) is -0.573. The molecule has 1 atom stereocenters. The van der Waals surface area contributed by atoms with Crippen molar-refractivity contribution in [3.8, 4) is 0 Å². The van der Waals surface area contributed by atoms with Crippen molar-refractivity contribution in [2.45, 2.75) is 18.9 Å². The summed E-state index contributed by atoms with van der Waals surface area (Å²) >= 11 is 6.36. The average Bonchev–Trinajstić information content (AvgIpc) is 2.39. The Labute approximate surface area is 132 Å². The van der Waals surface area contributed by atoms with E-state index < -0.39 is 17.7 Å². The number of halogens is 4. The van der Waals surface area contributed by atoms with E-state index in [0.717, 1.165) is 10.0 Å². The second-order valence-electron chi connectivity index (χ2n) is 4.51. The van der Waals surface area contributed by atoms with Crippen molar-refractivity contribution >= 4 is 31.9 Å². The van der Waals surface area contributed by atoms with Crippen LogP contribution in [0.4, 0.5) is 8.78 Å². The Kier molecular flexibility index (Phi) is 5.29. The highest BCUT2D eigenvalue weighted by Crippen LogP contribution is 2.23. The zero-order chi connectivity index (χ0) is 14.7. The molecule has 1 N–H and O–H groups in total. The van der Waals surface area contributed by atoms with E-state index in [1.54, 1.807) is 0 Å². The van der Waals surface area contributed by atoms with Crippen LogP contribution < -0.4 is 0 Å². The van der Waals surface area contributed by atoms with Crippen molar-refractivity contribution in [3.63, 3.8) is 0 Å². The standard InChI is InChI=1S/C15H12Br2F2O/c16-10-3-1-2-9(6-10)7-11(20)8-12-14(18)5-4-13(17)15(12)19/h1-6,11,20H,7-8H2. The van der Waals surface area contributed by atoms with E-state index in [9.17, 15) is 13.9 Å². The van der Waals surface area contributed by atoms with Crippen LogP contribution in [0.15, 0.2) is 45.3 Å². The molecule has 0 aliphatic carbocycles. The first-order chi connectivity index (χ1) is 9.47. The molecule has 0 saturated heterocycles. The number of hydrogen-bond donors (Lipinski definition) is 1. The minimum absolute atomic E-state index is 0.0659. The molecule has 0 aliphatic heterocycles. The third-order valence-electron chi connectivity index (χ3n) is 2.94. The topological polar surface area (TPSA) is 20.2 Å². The van der Waals surface area contributed by atoms with Gasteiger partial charge in [-0.25, -0.2) is 8.78 Å². The van der Waals surface area contributed by atoms with E-state index in [0.29, 0.717) is 6.42 Å². The summed E-state index contributed by atoms with van der Waals surface area (Å²) in [5.41, 5.74) is 0.810. The number of aliphatic hydroxyl groups excluding tert-OH is 1. The molecule has 2 aromatic rings. The molecule has 0 heterocycles. The summed E-state index contributed by atoms with van der Waals surface area (Å²) in [7, 11) is 0. The van der Waals surface area contributed by atoms with Crippen LogP contribution in [0.1, 0.15) is 11.1 Å². The molecule has 5 heteroatoms. The first-order valence-corrected chi connectivity index (χ1v) is 7.61. The lowest BCUT2D eigenvalue weighted by Gasteiger charge is -2.13. The normalized spacial score (nSPS) is 12.4. The molecule has 0 fully saturated rings. The van der Waals surface area contributed by atoms with E-state index >= 15 is 0 Å². The predicted molar refractivity (Wildman–Crippen MR) is 81.6 cm³/mol. The molecule has 0 aromatic heterocycles.